The molecule has 0 aromatic carbocycles. The zero-order valence-electron chi connectivity index (χ0n) is 9.89. The van der Waals surface area contributed by atoms with Crippen molar-refractivity contribution in [2.24, 2.45) is 17.8 Å². The Morgan fingerprint density at radius 3 is 2.29 bits per heavy atom. The van der Waals surface area contributed by atoms with Gasteiger partial charge in [-0.2, -0.15) is 0 Å². The predicted octanol–water partition coefficient (Wildman–Crippen LogP) is 1.56. The molecule has 1 aliphatic carbocycles. The van der Waals surface area contributed by atoms with Gasteiger partial charge in [0, 0.05) is 12.3 Å². The van der Waals surface area contributed by atoms with Gasteiger partial charge in [0.05, 0.1) is 0 Å². The van der Waals surface area contributed by atoms with Crippen LogP contribution in [0.5, 0.6) is 0 Å². The molecule has 0 amide bonds. The molecule has 0 aromatic heterocycles. The molecule has 1 saturated carbocycles. The fourth-order valence-electron chi connectivity index (χ4n) is 2.55. The third-order valence-electron chi connectivity index (χ3n) is 3.45. The van der Waals surface area contributed by atoms with Crippen molar-refractivity contribution in [3.05, 3.63) is 0 Å². The first-order valence-electron chi connectivity index (χ1n) is 5.95. The van der Waals surface area contributed by atoms with Gasteiger partial charge in [-0.15, -0.1) is 0 Å². The maximum Gasteiger partial charge on any atom is 0.318 e. The zero-order valence-corrected chi connectivity index (χ0v) is 9.89. The smallest absolute Gasteiger partial charge is 0.318 e. The van der Waals surface area contributed by atoms with Crippen LogP contribution in [-0.2, 0) is 14.4 Å². The van der Waals surface area contributed by atoms with Gasteiger partial charge in [0.2, 0.25) is 0 Å². The lowest BCUT2D eigenvalue weighted by atomic mass is 9.74. The van der Waals surface area contributed by atoms with Gasteiger partial charge >= 0.3 is 11.9 Å². The Hall–Kier alpha value is -1.39. The maximum atomic E-state index is 11.8. The van der Waals surface area contributed by atoms with E-state index in [0.717, 1.165) is 12.8 Å². The van der Waals surface area contributed by atoms with Crippen LogP contribution in [0, 0.1) is 17.8 Å². The van der Waals surface area contributed by atoms with Crippen LogP contribution < -0.4 is 0 Å². The number of Topliss-reactive ketones (excluding diaryl/α,β-unsaturated/α-hetero) is 1. The monoisotopic (exact) mass is 242 g/mol. The van der Waals surface area contributed by atoms with Gasteiger partial charge in [-0.1, -0.05) is 13.3 Å². The van der Waals surface area contributed by atoms with E-state index >= 15 is 0 Å². The van der Waals surface area contributed by atoms with E-state index in [1.807, 2.05) is 6.92 Å². The van der Waals surface area contributed by atoms with E-state index in [9.17, 15) is 14.4 Å². The van der Waals surface area contributed by atoms with E-state index < -0.39 is 23.8 Å². The Labute approximate surface area is 99.8 Å². The van der Waals surface area contributed by atoms with E-state index in [1.54, 1.807) is 0 Å². The Morgan fingerprint density at radius 2 is 1.88 bits per heavy atom. The van der Waals surface area contributed by atoms with Gasteiger partial charge in [0.15, 0.2) is 5.92 Å². The molecule has 0 radical (unpaired) electrons. The summed E-state index contributed by atoms with van der Waals surface area (Å²) >= 11 is 0. The number of carbonyl (C=O) groups excluding carboxylic acids is 1. The number of hydrogen-bond donors (Lipinski definition) is 2. The minimum Gasteiger partial charge on any atom is -0.481 e. The highest BCUT2D eigenvalue weighted by molar-refractivity contribution is 5.94. The van der Waals surface area contributed by atoms with Gasteiger partial charge in [-0.25, -0.2) is 0 Å². The van der Waals surface area contributed by atoms with Gasteiger partial charge in [-0.05, 0) is 25.2 Å². The lowest BCUT2D eigenvalue weighted by Crippen LogP contribution is -2.36. The van der Waals surface area contributed by atoms with E-state index in [2.05, 4.69) is 0 Å². The molecule has 0 saturated heterocycles. The fraction of sp³-hybridized carbons (Fsp3) is 0.750. The zero-order chi connectivity index (χ0) is 13.0. The first kappa shape index (κ1) is 13.7. The van der Waals surface area contributed by atoms with Crippen molar-refractivity contribution in [1.29, 1.82) is 0 Å². The SMILES string of the molecule is CCCC1CCC(C(C(=O)O)C(=O)O)CC1=O. The van der Waals surface area contributed by atoms with Gasteiger partial charge in [0.1, 0.15) is 5.78 Å². The third-order valence-corrected chi connectivity index (χ3v) is 3.45. The second-order valence-electron chi connectivity index (χ2n) is 4.65. The second-order valence-corrected chi connectivity index (χ2v) is 4.65. The molecule has 1 rings (SSSR count). The molecule has 0 aliphatic heterocycles. The molecule has 1 fully saturated rings. The normalized spacial score (nSPS) is 24.9. The van der Waals surface area contributed by atoms with Crippen molar-refractivity contribution in [2.45, 2.75) is 39.0 Å². The summed E-state index contributed by atoms with van der Waals surface area (Å²) in [7, 11) is 0. The Kier molecular flexibility index (Phi) is 4.66. The summed E-state index contributed by atoms with van der Waals surface area (Å²) in [6.45, 7) is 2.00. The summed E-state index contributed by atoms with van der Waals surface area (Å²) in [5, 5.41) is 17.7. The second kappa shape index (κ2) is 5.80. The molecule has 0 aromatic rings. The van der Waals surface area contributed by atoms with Crippen molar-refractivity contribution >= 4 is 17.7 Å². The van der Waals surface area contributed by atoms with Crippen LogP contribution in [0.1, 0.15) is 39.0 Å². The van der Waals surface area contributed by atoms with E-state index in [4.69, 9.17) is 10.2 Å². The van der Waals surface area contributed by atoms with Crippen LogP contribution in [0.4, 0.5) is 0 Å². The molecule has 0 heterocycles. The number of hydrogen-bond acceptors (Lipinski definition) is 3. The highest BCUT2D eigenvalue weighted by Gasteiger charge is 2.39. The molecular formula is C12H18O5. The molecule has 17 heavy (non-hydrogen) atoms. The number of rotatable bonds is 5. The highest BCUT2D eigenvalue weighted by atomic mass is 16.4. The van der Waals surface area contributed by atoms with Crippen molar-refractivity contribution < 1.29 is 24.6 Å². The third kappa shape index (κ3) is 3.28. The Bertz CT molecular complexity index is 309. The summed E-state index contributed by atoms with van der Waals surface area (Å²) in [6.07, 6.45) is 2.96. The van der Waals surface area contributed by atoms with E-state index in [0.29, 0.717) is 12.8 Å². The van der Waals surface area contributed by atoms with Crippen molar-refractivity contribution in [1.82, 2.24) is 0 Å². The lowest BCUT2D eigenvalue weighted by Gasteiger charge is -2.29. The molecule has 0 spiro atoms. The fourth-order valence-corrected chi connectivity index (χ4v) is 2.55. The van der Waals surface area contributed by atoms with Crippen molar-refractivity contribution in [3.63, 3.8) is 0 Å². The quantitative estimate of drug-likeness (QED) is 0.714. The molecule has 0 bridgehead atoms. The van der Waals surface area contributed by atoms with Crippen molar-refractivity contribution in [3.8, 4) is 0 Å². The van der Waals surface area contributed by atoms with Gasteiger partial charge in [0.25, 0.3) is 0 Å². The van der Waals surface area contributed by atoms with Crippen LogP contribution in [0.2, 0.25) is 0 Å². The summed E-state index contributed by atoms with van der Waals surface area (Å²) < 4.78 is 0. The average molecular weight is 242 g/mol. The molecule has 2 unspecified atom stereocenters. The minimum atomic E-state index is -1.44. The number of carbonyl (C=O) groups is 3. The summed E-state index contributed by atoms with van der Waals surface area (Å²) in [6, 6.07) is 0. The summed E-state index contributed by atoms with van der Waals surface area (Å²) in [4.78, 5) is 33.5. The van der Waals surface area contributed by atoms with Crippen LogP contribution in [0.15, 0.2) is 0 Å². The van der Waals surface area contributed by atoms with Gasteiger partial charge < -0.3 is 10.2 Å². The van der Waals surface area contributed by atoms with Crippen LogP contribution in [-0.4, -0.2) is 27.9 Å². The Morgan fingerprint density at radius 1 is 1.29 bits per heavy atom. The average Bonchev–Trinajstić information content (AvgIpc) is 2.21. The summed E-state index contributed by atoms with van der Waals surface area (Å²) in [5.41, 5.74) is 0. The molecular weight excluding hydrogens is 224 g/mol. The minimum absolute atomic E-state index is 0.000472. The predicted molar refractivity (Wildman–Crippen MR) is 59.5 cm³/mol. The number of carboxylic acid groups (broad SMARTS) is 2. The molecule has 5 nitrogen and oxygen atoms in total. The number of carboxylic acids is 2. The van der Waals surface area contributed by atoms with E-state index in [1.165, 1.54) is 0 Å². The standard InChI is InChI=1S/C12H18O5/c1-2-3-7-4-5-8(6-9(7)13)10(11(14)15)12(16)17/h7-8,10H,2-6H2,1H3,(H,14,15)(H,16,17). The van der Waals surface area contributed by atoms with Crippen LogP contribution >= 0.6 is 0 Å². The lowest BCUT2D eigenvalue weighted by molar-refractivity contribution is -0.158. The molecule has 2 N–H and O–H groups in total. The van der Waals surface area contributed by atoms with Crippen molar-refractivity contribution in [2.75, 3.05) is 0 Å². The topological polar surface area (TPSA) is 91.7 Å². The van der Waals surface area contributed by atoms with Gasteiger partial charge in [-0.3, -0.25) is 14.4 Å². The molecule has 2 atom stereocenters. The number of aliphatic carboxylic acids is 2. The van der Waals surface area contributed by atoms with Crippen LogP contribution in [0.25, 0.3) is 0 Å². The molecule has 96 valence electrons. The first-order valence-corrected chi connectivity index (χ1v) is 5.95. The van der Waals surface area contributed by atoms with Crippen LogP contribution in [0.3, 0.4) is 0 Å². The summed E-state index contributed by atoms with van der Waals surface area (Å²) in [5.74, 6) is -4.66. The Balaban J connectivity index is 2.67. The van der Waals surface area contributed by atoms with E-state index in [-0.39, 0.29) is 18.1 Å². The highest BCUT2D eigenvalue weighted by Crippen LogP contribution is 2.33. The largest absolute Gasteiger partial charge is 0.481 e. The molecule has 1 aliphatic rings. The number of ketones is 1. The maximum absolute atomic E-state index is 11.8. The molecule has 5 heteroatoms. The first-order chi connectivity index (χ1) is 7.97.